The van der Waals surface area contributed by atoms with Gasteiger partial charge in [0.1, 0.15) is 18.9 Å². The molecule has 1 fully saturated rings. The Kier molecular flexibility index (Phi) is 6.30. The summed E-state index contributed by atoms with van der Waals surface area (Å²) in [4.78, 5) is 18.1. The molecule has 1 aromatic heterocycles. The van der Waals surface area contributed by atoms with E-state index in [-0.39, 0.29) is 18.6 Å². The quantitative estimate of drug-likeness (QED) is 0.450. The highest BCUT2D eigenvalue weighted by molar-refractivity contribution is 5.93. The van der Waals surface area contributed by atoms with Crippen molar-refractivity contribution in [1.82, 2.24) is 15.2 Å². The second kappa shape index (κ2) is 9.12. The lowest BCUT2D eigenvalue weighted by molar-refractivity contribution is 0.0535. The van der Waals surface area contributed by atoms with Crippen molar-refractivity contribution in [2.24, 2.45) is 0 Å². The maximum absolute atomic E-state index is 11.7. The van der Waals surface area contributed by atoms with Crippen molar-refractivity contribution in [3.63, 3.8) is 0 Å². The minimum Gasteiger partial charge on any atom is -0.457 e. The Morgan fingerprint density at radius 1 is 1.35 bits per heavy atom. The number of aromatic nitrogens is 1. The SMILES string of the molecule is Cc1c(C(O)CN2CC[C@@H](NC(O)Cc3ccc(C#N)cn3)C2)ccc2c1COC2=O. The minimum absolute atomic E-state index is 0.118. The van der Waals surface area contributed by atoms with E-state index in [0.29, 0.717) is 24.1 Å². The molecule has 0 aliphatic carbocycles. The van der Waals surface area contributed by atoms with Gasteiger partial charge in [0, 0.05) is 43.0 Å². The highest BCUT2D eigenvalue weighted by Crippen LogP contribution is 2.29. The molecule has 0 amide bonds. The summed E-state index contributed by atoms with van der Waals surface area (Å²) in [5, 5.41) is 33.2. The first-order valence-electron chi connectivity index (χ1n) is 10.4. The van der Waals surface area contributed by atoms with Crippen molar-refractivity contribution in [2.45, 2.75) is 44.7 Å². The van der Waals surface area contributed by atoms with Crippen molar-refractivity contribution in [3.8, 4) is 6.07 Å². The third-order valence-corrected chi connectivity index (χ3v) is 6.05. The fourth-order valence-corrected chi connectivity index (χ4v) is 4.35. The number of β-amino-alcohol motifs (C(OH)–C–C–N with tert-alkyl or cyclic N) is 1. The van der Waals surface area contributed by atoms with Crippen LogP contribution in [0.5, 0.6) is 0 Å². The van der Waals surface area contributed by atoms with Crippen LogP contribution in [-0.4, -0.2) is 58.0 Å². The van der Waals surface area contributed by atoms with Crippen molar-refractivity contribution in [2.75, 3.05) is 19.6 Å². The van der Waals surface area contributed by atoms with E-state index in [4.69, 9.17) is 10.00 Å². The van der Waals surface area contributed by atoms with E-state index in [0.717, 1.165) is 41.9 Å². The molecule has 4 rings (SSSR count). The Balaban J connectivity index is 1.29. The minimum atomic E-state index is -0.730. The van der Waals surface area contributed by atoms with Crippen LogP contribution >= 0.6 is 0 Å². The van der Waals surface area contributed by atoms with Gasteiger partial charge in [0.2, 0.25) is 0 Å². The maximum Gasteiger partial charge on any atom is 0.338 e. The topological polar surface area (TPSA) is 119 Å². The molecule has 162 valence electrons. The summed E-state index contributed by atoms with van der Waals surface area (Å²) in [5.74, 6) is -0.303. The van der Waals surface area contributed by atoms with Gasteiger partial charge in [0.25, 0.3) is 0 Å². The van der Waals surface area contributed by atoms with Crippen LogP contribution in [-0.2, 0) is 17.8 Å². The van der Waals surface area contributed by atoms with Crippen LogP contribution in [0.25, 0.3) is 0 Å². The molecule has 1 aromatic carbocycles. The average Bonchev–Trinajstić information content (AvgIpc) is 3.35. The lowest BCUT2D eigenvalue weighted by Gasteiger charge is -2.23. The standard InChI is InChI=1S/C23H26N4O4/c1-14-18(4-5-19-20(14)13-31-23(19)30)21(28)12-27-7-6-17(11-27)26-22(29)8-16-3-2-15(9-24)10-25-16/h2-5,10,17,21-22,26,28-29H,6-8,11-13H2,1H3/t17-,21?,22?/m1/s1. The lowest BCUT2D eigenvalue weighted by Crippen LogP contribution is -2.41. The summed E-state index contributed by atoms with van der Waals surface area (Å²) in [6.07, 6.45) is 1.35. The number of ether oxygens (including phenoxy) is 1. The first-order chi connectivity index (χ1) is 14.9. The fraction of sp³-hybridized carbons (Fsp3) is 0.435. The molecule has 8 nitrogen and oxygen atoms in total. The van der Waals surface area contributed by atoms with Gasteiger partial charge >= 0.3 is 5.97 Å². The van der Waals surface area contributed by atoms with E-state index < -0.39 is 12.3 Å². The summed E-state index contributed by atoms with van der Waals surface area (Å²) < 4.78 is 5.10. The van der Waals surface area contributed by atoms with Gasteiger partial charge in [0.05, 0.1) is 17.2 Å². The summed E-state index contributed by atoms with van der Waals surface area (Å²) >= 11 is 0. The van der Waals surface area contributed by atoms with Gasteiger partial charge < -0.3 is 14.9 Å². The number of hydrogen-bond acceptors (Lipinski definition) is 8. The molecular weight excluding hydrogens is 396 g/mol. The second-order valence-corrected chi connectivity index (χ2v) is 8.18. The van der Waals surface area contributed by atoms with Gasteiger partial charge in [-0.3, -0.25) is 15.2 Å². The molecule has 0 radical (unpaired) electrons. The van der Waals surface area contributed by atoms with Gasteiger partial charge in [-0.1, -0.05) is 6.07 Å². The molecule has 1 saturated heterocycles. The van der Waals surface area contributed by atoms with Crippen LogP contribution in [0, 0.1) is 18.3 Å². The van der Waals surface area contributed by atoms with Crippen LogP contribution in [0.3, 0.4) is 0 Å². The number of aliphatic hydroxyl groups is 2. The zero-order chi connectivity index (χ0) is 22.0. The number of nitrogens with zero attached hydrogens (tertiary/aromatic N) is 3. The number of rotatable bonds is 7. The molecule has 0 saturated carbocycles. The maximum atomic E-state index is 11.7. The van der Waals surface area contributed by atoms with Gasteiger partial charge in [-0.05, 0) is 49.2 Å². The third-order valence-electron chi connectivity index (χ3n) is 6.05. The number of nitrogens with one attached hydrogen (secondary N) is 1. The first kappa shape index (κ1) is 21.4. The highest BCUT2D eigenvalue weighted by Gasteiger charge is 2.29. The highest BCUT2D eigenvalue weighted by atomic mass is 16.5. The Labute approximate surface area is 181 Å². The number of benzene rings is 1. The smallest absolute Gasteiger partial charge is 0.338 e. The van der Waals surface area contributed by atoms with Gasteiger partial charge in [0.15, 0.2) is 0 Å². The molecule has 3 N–H and O–H groups in total. The number of fused-ring (bicyclic) bond motifs is 1. The average molecular weight is 422 g/mol. The largest absolute Gasteiger partial charge is 0.457 e. The van der Waals surface area contributed by atoms with Crippen molar-refractivity contribution in [1.29, 1.82) is 5.26 Å². The molecule has 0 bridgehead atoms. The van der Waals surface area contributed by atoms with E-state index in [1.54, 1.807) is 18.2 Å². The van der Waals surface area contributed by atoms with Crippen LogP contribution in [0.4, 0.5) is 0 Å². The third kappa shape index (κ3) is 4.75. The molecule has 2 aliphatic heterocycles. The van der Waals surface area contributed by atoms with Crippen molar-refractivity contribution in [3.05, 3.63) is 64.0 Å². The molecule has 3 heterocycles. The number of carbonyl (C=O) groups excluding carboxylic acids is 1. The number of esters is 1. The Hall–Kier alpha value is -2.83. The number of likely N-dealkylation sites (tertiary alicyclic amines) is 1. The van der Waals surface area contributed by atoms with E-state index in [1.165, 1.54) is 6.20 Å². The molecule has 8 heteroatoms. The number of hydrogen-bond donors (Lipinski definition) is 3. The van der Waals surface area contributed by atoms with Crippen molar-refractivity contribution >= 4 is 5.97 Å². The van der Waals surface area contributed by atoms with Crippen LogP contribution in [0.1, 0.15) is 50.8 Å². The Morgan fingerprint density at radius 3 is 2.94 bits per heavy atom. The molecule has 0 spiro atoms. The van der Waals surface area contributed by atoms with E-state index >= 15 is 0 Å². The number of cyclic esters (lactones) is 1. The van der Waals surface area contributed by atoms with Gasteiger partial charge in [-0.2, -0.15) is 5.26 Å². The molecular formula is C23H26N4O4. The molecule has 31 heavy (non-hydrogen) atoms. The van der Waals surface area contributed by atoms with Gasteiger partial charge in [-0.25, -0.2) is 4.79 Å². The van der Waals surface area contributed by atoms with E-state index in [9.17, 15) is 15.0 Å². The van der Waals surface area contributed by atoms with Crippen LogP contribution in [0.15, 0.2) is 30.5 Å². The second-order valence-electron chi connectivity index (χ2n) is 8.18. The van der Waals surface area contributed by atoms with Crippen molar-refractivity contribution < 1.29 is 19.7 Å². The monoisotopic (exact) mass is 422 g/mol. The number of aliphatic hydroxyl groups excluding tert-OH is 2. The number of pyridine rings is 1. The fourth-order valence-electron chi connectivity index (χ4n) is 4.35. The summed E-state index contributed by atoms with van der Waals surface area (Å²) in [6, 6.07) is 9.13. The zero-order valence-corrected chi connectivity index (χ0v) is 17.4. The normalized spacial score (nSPS) is 20.2. The molecule has 2 aliphatic rings. The summed E-state index contributed by atoms with van der Waals surface area (Å²) in [5.41, 5.74) is 4.40. The predicted molar refractivity (Wildman–Crippen MR) is 112 cm³/mol. The Morgan fingerprint density at radius 2 is 2.19 bits per heavy atom. The van der Waals surface area contributed by atoms with Crippen LogP contribution in [0.2, 0.25) is 0 Å². The summed E-state index contributed by atoms with van der Waals surface area (Å²) in [7, 11) is 0. The molecule has 2 aromatic rings. The molecule has 3 atom stereocenters. The lowest BCUT2D eigenvalue weighted by atomic mass is 9.95. The molecule has 2 unspecified atom stereocenters. The van der Waals surface area contributed by atoms with Crippen LogP contribution < -0.4 is 5.32 Å². The zero-order valence-electron chi connectivity index (χ0n) is 17.4. The van der Waals surface area contributed by atoms with Gasteiger partial charge in [-0.15, -0.1) is 0 Å². The number of carbonyl (C=O) groups is 1. The first-order valence-corrected chi connectivity index (χ1v) is 10.4. The predicted octanol–water partition coefficient (Wildman–Crippen LogP) is 1.19. The Bertz CT molecular complexity index is 1000. The number of nitriles is 1. The van der Waals surface area contributed by atoms with E-state index in [1.807, 2.05) is 19.1 Å². The van der Waals surface area contributed by atoms with E-state index in [2.05, 4.69) is 15.2 Å². The summed E-state index contributed by atoms with van der Waals surface area (Å²) in [6.45, 7) is 4.21.